The number of aromatic nitrogens is 1. The van der Waals surface area contributed by atoms with Crippen LogP contribution in [0.15, 0.2) is 36.5 Å². The number of aryl methyl sites for hydroxylation is 2. The van der Waals surface area contributed by atoms with Gasteiger partial charge in [-0.05, 0) is 61.7 Å². The van der Waals surface area contributed by atoms with Crippen molar-refractivity contribution in [2.45, 2.75) is 34.2 Å². The molecule has 0 amide bonds. The fraction of sp³-hybridized carbons (Fsp3) is 0.389. The van der Waals surface area contributed by atoms with Gasteiger partial charge in [-0.15, -0.1) is 0 Å². The molecule has 112 valence electrons. The van der Waals surface area contributed by atoms with Crippen LogP contribution < -0.4 is 10.1 Å². The number of hydrogen-bond acceptors (Lipinski definition) is 3. The van der Waals surface area contributed by atoms with Crippen molar-refractivity contribution in [1.82, 2.24) is 10.3 Å². The van der Waals surface area contributed by atoms with E-state index in [1.165, 1.54) is 11.1 Å². The van der Waals surface area contributed by atoms with Gasteiger partial charge in [-0.1, -0.05) is 19.9 Å². The van der Waals surface area contributed by atoms with Gasteiger partial charge in [0.1, 0.15) is 11.5 Å². The molecule has 0 bridgehead atoms. The predicted molar refractivity (Wildman–Crippen MR) is 86.8 cm³/mol. The lowest BCUT2D eigenvalue weighted by atomic mass is 10.1. The van der Waals surface area contributed by atoms with Crippen molar-refractivity contribution in [1.29, 1.82) is 0 Å². The van der Waals surface area contributed by atoms with E-state index in [2.05, 4.69) is 43.2 Å². The van der Waals surface area contributed by atoms with Gasteiger partial charge in [0.05, 0.1) is 5.69 Å². The third kappa shape index (κ3) is 4.57. The summed E-state index contributed by atoms with van der Waals surface area (Å²) in [5.74, 6) is 2.33. The Labute approximate surface area is 127 Å². The van der Waals surface area contributed by atoms with E-state index >= 15 is 0 Å². The van der Waals surface area contributed by atoms with Crippen molar-refractivity contribution in [3.63, 3.8) is 0 Å². The number of pyridine rings is 1. The monoisotopic (exact) mass is 284 g/mol. The molecule has 0 unspecified atom stereocenters. The molecule has 1 aromatic heterocycles. The molecule has 2 aromatic rings. The van der Waals surface area contributed by atoms with Gasteiger partial charge in [-0.2, -0.15) is 0 Å². The molecule has 21 heavy (non-hydrogen) atoms. The molecular formula is C18H24N2O. The van der Waals surface area contributed by atoms with Gasteiger partial charge < -0.3 is 10.1 Å². The molecule has 1 N–H and O–H groups in total. The number of nitrogens with one attached hydrogen (secondary N) is 1. The topological polar surface area (TPSA) is 34.1 Å². The van der Waals surface area contributed by atoms with E-state index in [-0.39, 0.29) is 0 Å². The Morgan fingerprint density at radius 2 is 2.00 bits per heavy atom. The van der Waals surface area contributed by atoms with Crippen molar-refractivity contribution < 1.29 is 4.74 Å². The highest BCUT2D eigenvalue weighted by Gasteiger charge is 2.05. The summed E-state index contributed by atoms with van der Waals surface area (Å²) < 4.78 is 5.90. The molecule has 3 heteroatoms. The molecule has 3 nitrogen and oxygen atoms in total. The maximum absolute atomic E-state index is 5.90. The number of nitrogens with zero attached hydrogens (tertiary/aromatic N) is 1. The molecule has 0 fully saturated rings. The molecule has 2 rings (SSSR count). The Morgan fingerprint density at radius 3 is 2.67 bits per heavy atom. The molecule has 0 aliphatic heterocycles. The van der Waals surface area contributed by atoms with E-state index in [0.29, 0.717) is 5.92 Å². The third-order valence-electron chi connectivity index (χ3n) is 3.37. The molecule has 0 spiro atoms. The average Bonchev–Trinajstić information content (AvgIpc) is 2.43. The first-order valence-corrected chi connectivity index (χ1v) is 7.46. The van der Waals surface area contributed by atoms with Gasteiger partial charge in [0, 0.05) is 12.7 Å². The summed E-state index contributed by atoms with van der Waals surface area (Å²) in [5.41, 5.74) is 3.45. The average molecular weight is 284 g/mol. The van der Waals surface area contributed by atoms with Crippen molar-refractivity contribution in [2.24, 2.45) is 5.92 Å². The minimum Gasteiger partial charge on any atom is -0.455 e. The Hall–Kier alpha value is -1.87. The van der Waals surface area contributed by atoms with Crippen molar-refractivity contribution in [2.75, 3.05) is 6.54 Å². The molecule has 0 aliphatic rings. The predicted octanol–water partition coefficient (Wildman–Crippen LogP) is 4.24. The van der Waals surface area contributed by atoms with Crippen LogP contribution in [-0.2, 0) is 6.54 Å². The molecule has 0 saturated carbocycles. The van der Waals surface area contributed by atoms with Gasteiger partial charge in [-0.3, -0.25) is 4.98 Å². The van der Waals surface area contributed by atoms with E-state index in [1.54, 1.807) is 6.20 Å². The summed E-state index contributed by atoms with van der Waals surface area (Å²) in [4.78, 5) is 4.24. The number of benzene rings is 1. The second kappa shape index (κ2) is 7.23. The smallest absolute Gasteiger partial charge is 0.148 e. The molecular weight excluding hydrogens is 260 g/mol. The SMILES string of the molecule is Cc1cc(Oc2cccnc2C)ccc1CNCC(C)C. The first-order valence-electron chi connectivity index (χ1n) is 7.46. The van der Waals surface area contributed by atoms with E-state index in [1.807, 2.05) is 25.1 Å². The minimum atomic E-state index is 0.668. The van der Waals surface area contributed by atoms with E-state index in [4.69, 9.17) is 4.74 Å². The lowest BCUT2D eigenvalue weighted by Crippen LogP contribution is -2.19. The summed E-state index contributed by atoms with van der Waals surface area (Å²) in [5, 5.41) is 3.47. The fourth-order valence-electron chi connectivity index (χ4n) is 2.13. The van der Waals surface area contributed by atoms with Crippen LogP contribution in [-0.4, -0.2) is 11.5 Å². The van der Waals surface area contributed by atoms with Crippen LogP contribution in [0.25, 0.3) is 0 Å². The number of ether oxygens (including phenoxy) is 1. The second-order valence-electron chi connectivity index (χ2n) is 5.80. The quantitative estimate of drug-likeness (QED) is 0.861. The van der Waals surface area contributed by atoms with Crippen LogP contribution in [0.3, 0.4) is 0 Å². The summed E-state index contributed by atoms with van der Waals surface area (Å²) in [7, 11) is 0. The van der Waals surface area contributed by atoms with Gasteiger partial charge in [-0.25, -0.2) is 0 Å². The molecule has 1 heterocycles. The third-order valence-corrected chi connectivity index (χ3v) is 3.37. The highest BCUT2D eigenvalue weighted by Crippen LogP contribution is 2.25. The largest absolute Gasteiger partial charge is 0.455 e. The molecule has 0 radical (unpaired) electrons. The number of rotatable bonds is 6. The standard InChI is InChI=1S/C18H24N2O/c1-13(2)11-19-12-16-7-8-17(10-14(16)3)21-18-6-5-9-20-15(18)4/h5-10,13,19H,11-12H2,1-4H3. The maximum atomic E-state index is 5.90. The zero-order valence-electron chi connectivity index (χ0n) is 13.3. The summed E-state index contributed by atoms with van der Waals surface area (Å²) in [6, 6.07) is 10.1. The van der Waals surface area contributed by atoms with Crippen LogP contribution in [0.2, 0.25) is 0 Å². The summed E-state index contributed by atoms with van der Waals surface area (Å²) in [6.45, 7) is 10.4. The first-order chi connectivity index (χ1) is 10.1. The van der Waals surface area contributed by atoms with Gasteiger partial charge in [0.2, 0.25) is 0 Å². The normalized spacial score (nSPS) is 10.9. The Kier molecular flexibility index (Phi) is 5.34. The second-order valence-corrected chi connectivity index (χ2v) is 5.80. The number of hydrogen-bond donors (Lipinski definition) is 1. The minimum absolute atomic E-state index is 0.668. The fourth-order valence-corrected chi connectivity index (χ4v) is 2.13. The zero-order chi connectivity index (χ0) is 15.2. The van der Waals surface area contributed by atoms with Gasteiger partial charge in [0.25, 0.3) is 0 Å². The van der Waals surface area contributed by atoms with Crippen molar-refractivity contribution in [3.8, 4) is 11.5 Å². The van der Waals surface area contributed by atoms with E-state index in [0.717, 1.165) is 30.3 Å². The van der Waals surface area contributed by atoms with E-state index in [9.17, 15) is 0 Å². The van der Waals surface area contributed by atoms with Crippen LogP contribution in [0.1, 0.15) is 30.7 Å². The first kappa shape index (κ1) is 15.5. The Bertz CT molecular complexity index is 594. The van der Waals surface area contributed by atoms with Crippen LogP contribution in [0, 0.1) is 19.8 Å². The molecule has 0 saturated heterocycles. The Morgan fingerprint density at radius 1 is 1.19 bits per heavy atom. The highest BCUT2D eigenvalue weighted by molar-refractivity contribution is 5.38. The van der Waals surface area contributed by atoms with Crippen LogP contribution in [0.5, 0.6) is 11.5 Å². The van der Waals surface area contributed by atoms with Gasteiger partial charge in [0.15, 0.2) is 0 Å². The highest BCUT2D eigenvalue weighted by atomic mass is 16.5. The molecule has 1 aromatic carbocycles. The molecule has 0 aliphatic carbocycles. The lowest BCUT2D eigenvalue weighted by Gasteiger charge is -2.12. The summed E-state index contributed by atoms with van der Waals surface area (Å²) in [6.07, 6.45) is 1.77. The van der Waals surface area contributed by atoms with E-state index < -0.39 is 0 Å². The zero-order valence-corrected chi connectivity index (χ0v) is 13.3. The maximum Gasteiger partial charge on any atom is 0.148 e. The van der Waals surface area contributed by atoms with Crippen LogP contribution >= 0.6 is 0 Å². The van der Waals surface area contributed by atoms with Crippen LogP contribution in [0.4, 0.5) is 0 Å². The summed E-state index contributed by atoms with van der Waals surface area (Å²) >= 11 is 0. The Balaban J connectivity index is 2.03. The van der Waals surface area contributed by atoms with Gasteiger partial charge >= 0.3 is 0 Å². The molecule has 0 atom stereocenters. The van der Waals surface area contributed by atoms with Crippen molar-refractivity contribution >= 4 is 0 Å². The van der Waals surface area contributed by atoms with Crippen molar-refractivity contribution in [3.05, 3.63) is 53.3 Å². The lowest BCUT2D eigenvalue weighted by molar-refractivity contribution is 0.474.